The monoisotopic (exact) mass is 152 g/mol. The fraction of sp³-hybridized carbons (Fsp3) is 0.143. The van der Waals surface area contributed by atoms with Crippen LogP contribution in [-0.4, -0.2) is 11.7 Å². The first-order valence-corrected chi connectivity index (χ1v) is 2.96. The summed E-state index contributed by atoms with van der Waals surface area (Å²) in [5, 5.41) is 0. The fourth-order valence-corrected chi connectivity index (χ4v) is 0.662. The van der Waals surface area contributed by atoms with Gasteiger partial charge in [-0.25, -0.2) is 0 Å². The first kappa shape index (κ1) is 7.53. The van der Waals surface area contributed by atoms with Crippen LogP contribution in [-0.2, 0) is 4.79 Å². The van der Waals surface area contributed by atoms with E-state index < -0.39 is 11.7 Å². The molecular weight excluding hydrogens is 146 g/mol. The predicted molar refractivity (Wildman–Crippen MR) is 35.9 cm³/mol. The number of ketones is 1. The Labute approximate surface area is 63.0 Å². The molecule has 57 valence electrons. The zero-order chi connectivity index (χ0) is 8.43. The van der Waals surface area contributed by atoms with Crippen molar-refractivity contribution in [3.8, 4) is 0 Å². The number of hydrogen-bond donors (Lipinski definition) is 0. The number of carbonyl (C=O) groups excluding carboxylic acids is 2. The summed E-state index contributed by atoms with van der Waals surface area (Å²) in [5.41, 5.74) is 7.24. The number of Topliss-reactive ketones (excluding diaryl/α,β-unsaturated/α-hetero) is 1. The van der Waals surface area contributed by atoms with Crippen molar-refractivity contribution in [3.05, 3.63) is 23.7 Å². The van der Waals surface area contributed by atoms with Gasteiger partial charge in [0.25, 0.3) is 5.78 Å². The number of hydrogen-bond acceptors (Lipinski definition) is 3. The molecule has 1 rings (SSSR count). The molecule has 0 aliphatic rings. The van der Waals surface area contributed by atoms with Gasteiger partial charge in [-0.3, -0.25) is 15.3 Å². The maximum Gasteiger partial charge on any atom is 0.314 e. The minimum atomic E-state index is -1.25. The minimum Gasteiger partial charge on any atom is -0.460 e. The summed E-state index contributed by atoms with van der Waals surface area (Å²) in [5.74, 6) is -2.22. The van der Waals surface area contributed by atoms with E-state index in [-0.39, 0.29) is 5.76 Å². The summed E-state index contributed by atoms with van der Waals surface area (Å²) in [6.07, 6.45) is 1.36. The second-order valence-electron chi connectivity index (χ2n) is 2.15. The van der Waals surface area contributed by atoms with Crippen LogP contribution in [0.15, 0.2) is 16.7 Å². The van der Waals surface area contributed by atoms with Crippen LogP contribution in [0.1, 0.15) is 16.1 Å². The van der Waals surface area contributed by atoms with Crippen molar-refractivity contribution in [1.82, 2.24) is 5.73 Å². The molecule has 0 saturated heterocycles. The van der Waals surface area contributed by atoms with Crippen molar-refractivity contribution in [2.24, 2.45) is 0 Å². The third-order valence-electron chi connectivity index (χ3n) is 1.16. The average molecular weight is 152 g/mol. The second-order valence-corrected chi connectivity index (χ2v) is 2.15. The normalized spacial score (nSPS) is 9.55. The Hall–Kier alpha value is -1.58. The van der Waals surface area contributed by atoms with Crippen LogP contribution in [0, 0.1) is 6.92 Å². The molecule has 0 spiro atoms. The smallest absolute Gasteiger partial charge is 0.314 e. The van der Waals surface area contributed by atoms with E-state index in [0.717, 1.165) is 5.56 Å². The highest BCUT2D eigenvalue weighted by molar-refractivity contribution is 6.41. The lowest BCUT2D eigenvalue weighted by molar-refractivity contribution is -0.114. The van der Waals surface area contributed by atoms with Crippen molar-refractivity contribution in [1.29, 1.82) is 0 Å². The Morgan fingerprint density at radius 2 is 2.18 bits per heavy atom. The molecule has 1 N–H and O–H groups in total. The zero-order valence-electron chi connectivity index (χ0n) is 5.88. The Bertz CT molecular complexity index is 300. The Morgan fingerprint density at radius 1 is 1.55 bits per heavy atom. The first-order valence-electron chi connectivity index (χ1n) is 2.96. The van der Waals surface area contributed by atoms with Gasteiger partial charge in [0.15, 0.2) is 5.76 Å². The van der Waals surface area contributed by atoms with E-state index in [2.05, 4.69) is 0 Å². The number of amides is 1. The van der Waals surface area contributed by atoms with Crippen LogP contribution in [0.2, 0.25) is 0 Å². The standard InChI is InChI=1S/C7H6NO3/c1-4-2-5(11-3-4)6(9)7(8)10/h2-3,8H,1H3. The summed E-state index contributed by atoms with van der Waals surface area (Å²) in [4.78, 5) is 20.9. The van der Waals surface area contributed by atoms with Gasteiger partial charge in [-0.05, 0) is 18.6 Å². The SMILES string of the molecule is Cc1coc(C(=O)C([NH])=O)c1. The summed E-state index contributed by atoms with van der Waals surface area (Å²) in [7, 11) is 0. The highest BCUT2D eigenvalue weighted by Gasteiger charge is 2.16. The molecule has 4 heteroatoms. The topological polar surface area (TPSA) is 71.1 Å². The molecule has 0 bridgehead atoms. The van der Waals surface area contributed by atoms with Gasteiger partial charge in [0.05, 0.1) is 6.26 Å². The van der Waals surface area contributed by atoms with Crippen LogP contribution < -0.4 is 5.73 Å². The Balaban J connectivity index is 2.94. The van der Waals surface area contributed by atoms with Crippen LogP contribution in [0.4, 0.5) is 0 Å². The molecule has 1 aromatic rings. The molecule has 0 fully saturated rings. The summed E-state index contributed by atoms with van der Waals surface area (Å²) >= 11 is 0. The Kier molecular flexibility index (Phi) is 1.76. The third kappa shape index (κ3) is 1.46. The van der Waals surface area contributed by atoms with Gasteiger partial charge in [0.2, 0.25) is 0 Å². The molecule has 1 heterocycles. The molecule has 1 aromatic heterocycles. The van der Waals surface area contributed by atoms with Gasteiger partial charge >= 0.3 is 5.91 Å². The second kappa shape index (κ2) is 2.57. The van der Waals surface area contributed by atoms with Gasteiger partial charge in [-0.1, -0.05) is 0 Å². The highest BCUT2D eigenvalue weighted by Crippen LogP contribution is 2.06. The number of aryl methyl sites for hydroxylation is 1. The maximum atomic E-state index is 10.7. The molecule has 0 saturated carbocycles. The lowest BCUT2D eigenvalue weighted by Crippen LogP contribution is -2.13. The fourth-order valence-electron chi connectivity index (χ4n) is 0.662. The molecule has 1 amide bonds. The maximum absolute atomic E-state index is 10.7. The number of furan rings is 1. The van der Waals surface area contributed by atoms with Crippen LogP contribution >= 0.6 is 0 Å². The lowest BCUT2D eigenvalue weighted by Gasteiger charge is -1.85. The number of carbonyl (C=O) groups is 2. The van der Waals surface area contributed by atoms with E-state index in [1.807, 2.05) is 0 Å². The summed E-state index contributed by atoms with van der Waals surface area (Å²) in [6.45, 7) is 1.73. The molecule has 0 unspecified atom stereocenters. The quantitative estimate of drug-likeness (QED) is 0.459. The van der Waals surface area contributed by atoms with Crippen molar-refractivity contribution >= 4 is 11.7 Å². The van der Waals surface area contributed by atoms with Crippen molar-refractivity contribution in [2.45, 2.75) is 6.92 Å². The molecule has 0 atom stereocenters. The zero-order valence-corrected chi connectivity index (χ0v) is 5.88. The van der Waals surface area contributed by atoms with Gasteiger partial charge in [0.1, 0.15) is 0 Å². The summed E-state index contributed by atoms with van der Waals surface area (Å²) in [6, 6.07) is 1.43. The molecule has 11 heavy (non-hydrogen) atoms. The van der Waals surface area contributed by atoms with Crippen LogP contribution in [0.3, 0.4) is 0 Å². The number of rotatable bonds is 2. The molecular formula is C7H6NO3. The average Bonchev–Trinajstić information content (AvgIpc) is 2.34. The van der Waals surface area contributed by atoms with E-state index in [1.165, 1.54) is 12.3 Å². The summed E-state index contributed by atoms with van der Waals surface area (Å²) < 4.78 is 4.70. The van der Waals surface area contributed by atoms with Gasteiger partial charge in [0, 0.05) is 0 Å². The van der Waals surface area contributed by atoms with Gasteiger partial charge in [-0.2, -0.15) is 0 Å². The Morgan fingerprint density at radius 3 is 2.55 bits per heavy atom. The van der Waals surface area contributed by atoms with E-state index >= 15 is 0 Å². The van der Waals surface area contributed by atoms with E-state index in [0.29, 0.717) is 0 Å². The first-order chi connectivity index (χ1) is 5.11. The third-order valence-corrected chi connectivity index (χ3v) is 1.16. The minimum absolute atomic E-state index is 0.0671. The van der Waals surface area contributed by atoms with Crippen molar-refractivity contribution in [3.63, 3.8) is 0 Å². The highest BCUT2D eigenvalue weighted by atomic mass is 16.3. The lowest BCUT2D eigenvalue weighted by atomic mass is 10.2. The van der Waals surface area contributed by atoms with Gasteiger partial charge in [-0.15, -0.1) is 0 Å². The van der Waals surface area contributed by atoms with Crippen LogP contribution in [0.5, 0.6) is 0 Å². The molecule has 4 nitrogen and oxygen atoms in total. The van der Waals surface area contributed by atoms with Gasteiger partial charge < -0.3 is 4.42 Å². The van der Waals surface area contributed by atoms with E-state index in [1.54, 1.807) is 6.92 Å². The molecule has 0 aliphatic carbocycles. The van der Waals surface area contributed by atoms with E-state index in [9.17, 15) is 9.59 Å². The largest absolute Gasteiger partial charge is 0.460 e. The van der Waals surface area contributed by atoms with Crippen molar-refractivity contribution in [2.75, 3.05) is 0 Å². The molecule has 1 radical (unpaired) electrons. The predicted octanol–water partition coefficient (Wildman–Crippen LogP) is 0.580. The van der Waals surface area contributed by atoms with Crippen molar-refractivity contribution < 1.29 is 14.0 Å². The molecule has 0 aromatic carbocycles. The molecule has 0 aliphatic heterocycles. The number of nitrogens with one attached hydrogen (secondary N) is 1. The van der Waals surface area contributed by atoms with E-state index in [4.69, 9.17) is 10.2 Å². The van der Waals surface area contributed by atoms with Crippen LogP contribution in [0.25, 0.3) is 0 Å².